The van der Waals surface area contributed by atoms with E-state index in [1.165, 1.54) is 12.3 Å². The number of aromatic nitrogens is 2. The fraction of sp³-hybridized carbons (Fsp3) is 0.455. The molecule has 0 saturated carbocycles. The molecule has 0 amide bonds. The highest BCUT2D eigenvalue weighted by molar-refractivity contribution is 5.96. The summed E-state index contributed by atoms with van der Waals surface area (Å²) in [5, 5.41) is 25.3. The highest BCUT2D eigenvalue weighted by atomic mass is 19.4. The molecule has 0 fully saturated rings. The average Bonchev–Trinajstić information content (AvgIpc) is 3.08. The molecule has 11 heteroatoms. The predicted molar refractivity (Wildman–Crippen MR) is 112 cm³/mol. The van der Waals surface area contributed by atoms with Gasteiger partial charge >= 0.3 is 12.3 Å². The summed E-state index contributed by atoms with van der Waals surface area (Å²) in [4.78, 5) is 13.5. The van der Waals surface area contributed by atoms with Gasteiger partial charge in [-0.1, -0.05) is 32.9 Å². The lowest BCUT2D eigenvalue weighted by Crippen LogP contribution is -2.49. The van der Waals surface area contributed by atoms with Crippen LogP contribution in [0.5, 0.6) is 5.75 Å². The highest BCUT2D eigenvalue weighted by Gasteiger charge is 2.41. The van der Waals surface area contributed by atoms with E-state index in [1.54, 1.807) is 22.9 Å². The number of aliphatic hydroxyl groups is 1. The number of carbonyl (C=O) groups is 1. The molecule has 2 atom stereocenters. The number of carboxylic acid groups (broad SMARTS) is 1. The Balaban J connectivity index is 1.75. The number of hydrogen-bond acceptors (Lipinski definition) is 6. The Labute approximate surface area is 187 Å². The number of halogens is 3. The van der Waals surface area contributed by atoms with Crippen molar-refractivity contribution in [1.82, 2.24) is 14.7 Å². The van der Waals surface area contributed by atoms with Gasteiger partial charge in [-0.15, -0.1) is 13.2 Å². The zero-order chi connectivity index (χ0) is 24.1. The standard InChI is InChI=1S/C22H24F3N3O5/c1-21(2,3)17-11-28-19(14-9-15(29)13(20(30)31)10-27(14)17)12-5-4-6-16(18(12)26-28)32-7-8-33-22(23,24)25/h4-6,9-10,15,17,29H,7-8,11H2,1-3H3,(H,30,31). The van der Waals surface area contributed by atoms with Crippen molar-refractivity contribution in [1.29, 1.82) is 0 Å². The number of aliphatic hydroxyl groups excluding tert-OH is 1. The lowest BCUT2D eigenvalue weighted by molar-refractivity contribution is -0.325. The Morgan fingerprint density at radius 1 is 1.24 bits per heavy atom. The molecule has 1 aromatic heterocycles. The van der Waals surface area contributed by atoms with E-state index in [2.05, 4.69) is 9.84 Å². The smallest absolute Gasteiger partial charge is 0.489 e. The van der Waals surface area contributed by atoms with Crippen molar-refractivity contribution in [3.8, 4) is 5.75 Å². The van der Waals surface area contributed by atoms with Gasteiger partial charge in [0.15, 0.2) is 0 Å². The van der Waals surface area contributed by atoms with Gasteiger partial charge in [-0.25, -0.2) is 4.79 Å². The number of benzene rings is 1. The Kier molecular flexibility index (Phi) is 5.65. The van der Waals surface area contributed by atoms with Crippen LogP contribution in [0.2, 0.25) is 0 Å². The van der Waals surface area contributed by atoms with Gasteiger partial charge < -0.3 is 19.8 Å². The molecule has 8 nitrogen and oxygen atoms in total. The molecule has 2 aliphatic heterocycles. The van der Waals surface area contributed by atoms with Crippen LogP contribution in [0.15, 0.2) is 36.0 Å². The Hall–Kier alpha value is -3.05. The van der Waals surface area contributed by atoms with E-state index in [4.69, 9.17) is 4.74 Å². The molecule has 0 bridgehead atoms. The molecule has 3 heterocycles. The van der Waals surface area contributed by atoms with E-state index in [0.29, 0.717) is 34.6 Å². The maximum Gasteiger partial charge on any atom is 0.522 e. The molecule has 33 heavy (non-hydrogen) atoms. The van der Waals surface area contributed by atoms with E-state index in [0.717, 1.165) is 0 Å². The van der Waals surface area contributed by atoms with E-state index in [9.17, 15) is 28.2 Å². The van der Waals surface area contributed by atoms with Gasteiger partial charge in [0.25, 0.3) is 0 Å². The van der Waals surface area contributed by atoms with E-state index in [-0.39, 0.29) is 23.6 Å². The minimum atomic E-state index is -4.73. The van der Waals surface area contributed by atoms with Crippen molar-refractivity contribution >= 4 is 22.6 Å². The molecule has 2 aliphatic rings. The Morgan fingerprint density at radius 2 is 1.97 bits per heavy atom. The Bertz CT molecular complexity index is 1150. The number of aliphatic carboxylic acids is 1. The molecule has 2 aromatic rings. The van der Waals surface area contributed by atoms with Crippen molar-refractivity contribution in [2.24, 2.45) is 5.41 Å². The van der Waals surface area contributed by atoms with Gasteiger partial charge in [0.05, 0.1) is 36.2 Å². The first-order valence-electron chi connectivity index (χ1n) is 10.3. The zero-order valence-electron chi connectivity index (χ0n) is 18.3. The first-order chi connectivity index (χ1) is 15.4. The topological polar surface area (TPSA) is 97.1 Å². The summed E-state index contributed by atoms with van der Waals surface area (Å²) >= 11 is 0. The number of ether oxygens (including phenoxy) is 2. The van der Waals surface area contributed by atoms with Gasteiger partial charge in [0, 0.05) is 11.6 Å². The van der Waals surface area contributed by atoms with Crippen LogP contribution in [0, 0.1) is 5.41 Å². The summed E-state index contributed by atoms with van der Waals surface area (Å²) in [5.41, 5.74) is 1.34. The van der Waals surface area contributed by atoms with Crippen molar-refractivity contribution in [3.63, 3.8) is 0 Å². The molecule has 1 aromatic carbocycles. The third-order valence-corrected chi connectivity index (χ3v) is 5.70. The largest absolute Gasteiger partial charge is 0.522 e. The quantitative estimate of drug-likeness (QED) is 0.651. The van der Waals surface area contributed by atoms with E-state index in [1.807, 2.05) is 25.7 Å². The lowest BCUT2D eigenvalue weighted by Gasteiger charge is -2.46. The summed E-state index contributed by atoms with van der Waals surface area (Å²) in [6, 6.07) is 4.94. The SMILES string of the molecule is CC(C)(C)C1Cn2nc3c(OCCOC(F)(F)F)cccc3c2C2=CC(O)C(C(=O)O)=CN21. The molecule has 2 unspecified atom stereocenters. The monoisotopic (exact) mass is 467 g/mol. The third kappa shape index (κ3) is 4.42. The van der Waals surface area contributed by atoms with Gasteiger partial charge in [-0.2, -0.15) is 5.10 Å². The van der Waals surface area contributed by atoms with Crippen molar-refractivity contribution in [2.45, 2.75) is 45.8 Å². The van der Waals surface area contributed by atoms with Crippen LogP contribution in [0.1, 0.15) is 26.5 Å². The van der Waals surface area contributed by atoms with Crippen molar-refractivity contribution < 1.29 is 37.7 Å². The number of carboxylic acids is 1. The van der Waals surface area contributed by atoms with E-state index >= 15 is 0 Å². The summed E-state index contributed by atoms with van der Waals surface area (Å²) < 4.78 is 47.7. The van der Waals surface area contributed by atoms with Crippen molar-refractivity contribution in [2.75, 3.05) is 13.2 Å². The lowest BCUT2D eigenvalue weighted by atomic mass is 9.83. The van der Waals surface area contributed by atoms with Gasteiger partial charge in [-0.05, 0) is 17.6 Å². The fourth-order valence-electron chi connectivity index (χ4n) is 4.16. The second-order valence-electron chi connectivity index (χ2n) is 9.00. The highest BCUT2D eigenvalue weighted by Crippen LogP contribution is 2.43. The first kappa shape index (κ1) is 23.1. The van der Waals surface area contributed by atoms with Crippen LogP contribution in [0.3, 0.4) is 0 Å². The van der Waals surface area contributed by atoms with Crippen LogP contribution < -0.4 is 4.74 Å². The number of alkyl halides is 3. The summed E-state index contributed by atoms with van der Waals surface area (Å²) in [6.07, 6.45) is -3.08. The molecule has 0 aliphatic carbocycles. The van der Waals surface area contributed by atoms with Gasteiger partial charge in [0.2, 0.25) is 0 Å². The Morgan fingerprint density at radius 3 is 2.61 bits per heavy atom. The predicted octanol–water partition coefficient (Wildman–Crippen LogP) is 3.37. The van der Waals surface area contributed by atoms with Gasteiger partial charge in [0.1, 0.15) is 24.0 Å². The fourth-order valence-corrected chi connectivity index (χ4v) is 4.16. The minimum Gasteiger partial charge on any atom is -0.489 e. The molecule has 4 rings (SSSR count). The number of fused-ring (bicyclic) bond motifs is 5. The summed E-state index contributed by atoms with van der Waals surface area (Å²) in [5.74, 6) is -0.899. The normalized spacial score (nSPS) is 20.8. The van der Waals surface area contributed by atoms with Crippen molar-refractivity contribution in [3.05, 3.63) is 41.7 Å². The first-order valence-corrected chi connectivity index (χ1v) is 10.3. The van der Waals surface area contributed by atoms with Crippen LogP contribution >= 0.6 is 0 Å². The molecule has 2 N–H and O–H groups in total. The molecule has 178 valence electrons. The maximum absolute atomic E-state index is 12.2. The molecular formula is C22H24F3N3O5. The molecule has 0 spiro atoms. The van der Waals surface area contributed by atoms with E-state index < -0.39 is 25.0 Å². The molecule has 0 radical (unpaired) electrons. The maximum atomic E-state index is 12.2. The second kappa shape index (κ2) is 8.07. The van der Waals surface area contributed by atoms with Crippen LogP contribution in [-0.2, 0) is 16.1 Å². The van der Waals surface area contributed by atoms with Crippen LogP contribution in [0.4, 0.5) is 13.2 Å². The second-order valence-corrected chi connectivity index (χ2v) is 9.00. The number of hydrogen-bond donors (Lipinski definition) is 2. The molecule has 0 saturated heterocycles. The number of nitrogens with zero attached hydrogens (tertiary/aromatic N) is 3. The zero-order valence-corrected chi connectivity index (χ0v) is 18.3. The molecular weight excluding hydrogens is 443 g/mol. The van der Waals surface area contributed by atoms with Crippen LogP contribution in [-0.4, -0.2) is 62.6 Å². The van der Waals surface area contributed by atoms with Crippen LogP contribution in [0.25, 0.3) is 16.6 Å². The number of rotatable bonds is 5. The minimum absolute atomic E-state index is 0.126. The third-order valence-electron chi connectivity index (χ3n) is 5.70. The summed E-state index contributed by atoms with van der Waals surface area (Å²) in [6.45, 7) is 5.53. The average molecular weight is 467 g/mol. The van der Waals surface area contributed by atoms with Gasteiger partial charge in [-0.3, -0.25) is 9.42 Å². The summed E-state index contributed by atoms with van der Waals surface area (Å²) in [7, 11) is 0.